The minimum absolute atomic E-state index is 0.156. The average Bonchev–Trinajstić information content (AvgIpc) is 3.29. The summed E-state index contributed by atoms with van der Waals surface area (Å²) in [5, 5.41) is 5.11. The molecule has 4 heteroatoms. The Hall–Kier alpha value is -2.85. The Morgan fingerprint density at radius 2 is 1.78 bits per heavy atom. The summed E-state index contributed by atoms with van der Waals surface area (Å²) in [6, 6.07) is 25.4. The molecule has 0 radical (unpaired) electrons. The first-order valence-electron chi connectivity index (χ1n) is 9.19. The van der Waals surface area contributed by atoms with Gasteiger partial charge >= 0.3 is 0 Å². The zero-order chi connectivity index (χ0) is 18.2. The smallest absolute Gasteiger partial charge is 0.120 e. The maximum absolute atomic E-state index is 5.67. The molecule has 27 heavy (non-hydrogen) atoms. The van der Waals surface area contributed by atoms with E-state index in [2.05, 4.69) is 77.0 Å². The highest BCUT2D eigenvalue weighted by atomic mass is 32.2. The minimum atomic E-state index is 0.156. The van der Waals surface area contributed by atoms with Crippen LogP contribution in [0.25, 0.3) is 22.2 Å². The summed E-state index contributed by atoms with van der Waals surface area (Å²) in [6.07, 6.45) is 0. The SMILES string of the molecule is CCOc1ccc2c(c1)SC(c1c(-c3ccccc3)[nH]c3ccccc13)N2. The number of rotatable bonds is 4. The fraction of sp³-hybridized carbons (Fsp3) is 0.130. The van der Waals surface area contributed by atoms with Crippen LogP contribution in [-0.2, 0) is 0 Å². The minimum Gasteiger partial charge on any atom is -0.494 e. The van der Waals surface area contributed by atoms with Gasteiger partial charge in [0, 0.05) is 27.0 Å². The van der Waals surface area contributed by atoms with E-state index in [4.69, 9.17) is 4.74 Å². The van der Waals surface area contributed by atoms with Crippen molar-refractivity contribution in [3.63, 3.8) is 0 Å². The molecule has 3 nitrogen and oxygen atoms in total. The molecular weight excluding hydrogens is 352 g/mol. The van der Waals surface area contributed by atoms with E-state index in [0.29, 0.717) is 6.61 Å². The Labute approximate surface area is 162 Å². The lowest BCUT2D eigenvalue weighted by atomic mass is 10.0. The van der Waals surface area contributed by atoms with Crippen molar-refractivity contribution in [2.75, 3.05) is 11.9 Å². The van der Waals surface area contributed by atoms with Gasteiger partial charge in [0.05, 0.1) is 12.3 Å². The number of para-hydroxylation sites is 1. The Bertz CT molecular complexity index is 1100. The molecule has 134 valence electrons. The Morgan fingerprint density at radius 1 is 0.963 bits per heavy atom. The molecular formula is C23H20N2OS. The molecule has 0 spiro atoms. The maximum atomic E-state index is 5.67. The number of benzene rings is 3. The standard InChI is InChI=1S/C23H20N2OS/c1-2-26-16-12-13-19-20(14-16)27-23(25-19)21-17-10-6-7-11-18(17)24-22(21)15-8-4-3-5-9-15/h3-14,23-25H,2H2,1H3. The molecule has 0 fully saturated rings. The molecule has 1 unspecified atom stereocenters. The number of nitrogens with one attached hydrogen (secondary N) is 2. The van der Waals surface area contributed by atoms with Gasteiger partial charge in [-0.3, -0.25) is 0 Å². The van der Waals surface area contributed by atoms with Crippen LogP contribution in [0.4, 0.5) is 5.69 Å². The first kappa shape index (κ1) is 16.3. The molecule has 0 saturated heterocycles. The van der Waals surface area contributed by atoms with Crippen LogP contribution in [0.5, 0.6) is 5.75 Å². The number of hydrogen-bond acceptors (Lipinski definition) is 3. The van der Waals surface area contributed by atoms with Gasteiger partial charge in [-0.1, -0.05) is 60.3 Å². The molecule has 5 rings (SSSR count). The third-order valence-corrected chi connectivity index (χ3v) is 6.05. The summed E-state index contributed by atoms with van der Waals surface area (Å²) in [5.74, 6) is 0.924. The number of hydrogen-bond donors (Lipinski definition) is 2. The van der Waals surface area contributed by atoms with Crippen LogP contribution in [0.15, 0.2) is 77.7 Å². The monoisotopic (exact) mass is 372 g/mol. The zero-order valence-corrected chi connectivity index (χ0v) is 15.8. The van der Waals surface area contributed by atoms with Gasteiger partial charge < -0.3 is 15.0 Å². The van der Waals surface area contributed by atoms with E-state index in [1.54, 1.807) is 0 Å². The molecule has 2 heterocycles. The van der Waals surface area contributed by atoms with Crippen LogP contribution in [0.3, 0.4) is 0 Å². The number of aromatic amines is 1. The van der Waals surface area contributed by atoms with Crippen molar-refractivity contribution in [1.29, 1.82) is 0 Å². The molecule has 0 saturated carbocycles. The highest BCUT2D eigenvalue weighted by molar-refractivity contribution is 8.00. The predicted octanol–water partition coefficient (Wildman–Crippen LogP) is 6.45. The molecule has 1 aliphatic rings. The first-order chi connectivity index (χ1) is 13.3. The second-order valence-corrected chi connectivity index (χ2v) is 7.71. The molecule has 1 aromatic heterocycles. The molecule has 4 aromatic rings. The number of H-pyrrole nitrogens is 1. The molecule has 3 aromatic carbocycles. The summed E-state index contributed by atoms with van der Waals surface area (Å²) >= 11 is 1.85. The van der Waals surface area contributed by atoms with E-state index >= 15 is 0 Å². The average molecular weight is 372 g/mol. The normalized spacial score (nSPS) is 15.5. The van der Waals surface area contributed by atoms with Crippen LogP contribution >= 0.6 is 11.8 Å². The lowest BCUT2D eigenvalue weighted by Crippen LogP contribution is -2.02. The van der Waals surface area contributed by atoms with Gasteiger partial charge in [0.15, 0.2) is 0 Å². The van der Waals surface area contributed by atoms with Crippen molar-refractivity contribution >= 4 is 28.4 Å². The largest absolute Gasteiger partial charge is 0.494 e. The topological polar surface area (TPSA) is 37.0 Å². The lowest BCUT2D eigenvalue weighted by Gasteiger charge is -2.13. The van der Waals surface area contributed by atoms with Crippen molar-refractivity contribution in [2.45, 2.75) is 17.2 Å². The summed E-state index contributed by atoms with van der Waals surface area (Å²) in [4.78, 5) is 4.87. The number of fused-ring (bicyclic) bond motifs is 2. The molecule has 1 atom stereocenters. The summed E-state index contributed by atoms with van der Waals surface area (Å²) in [6.45, 7) is 2.69. The fourth-order valence-corrected chi connectivity index (χ4v) is 4.91. The highest BCUT2D eigenvalue weighted by Crippen LogP contribution is 2.51. The van der Waals surface area contributed by atoms with Crippen LogP contribution in [0.1, 0.15) is 17.9 Å². The lowest BCUT2D eigenvalue weighted by molar-refractivity contribution is 0.339. The van der Waals surface area contributed by atoms with Crippen molar-refractivity contribution in [1.82, 2.24) is 4.98 Å². The van der Waals surface area contributed by atoms with Crippen molar-refractivity contribution in [2.24, 2.45) is 0 Å². The first-order valence-corrected chi connectivity index (χ1v) is 10.1. The second-order valence-electron chi connectivity index (χ2n) is 6.56. The van der Waals surface area contributed by atoms with Gasteiger partial charge in [-0.2, -0.15) is 0 Å². The van der Waals surface area contributed by atoms with Crippen LogP contribution in [-0.4, -0.2) is 11.6 Å². The molecule has 0 bridgehead atoms. The summed E-state index contributed by atoms with van der Waals surface area (Å²) < 4.78 is 5.67. The summed E-state index contributed by atoms with van der Waals surface area (Å²) in [5.41, 5.74) is 6.02. The molecule has 1 aliphatic heterocycles. The molecule has 0 amide bonds. The van der Waals surface area contributed by atoms with Crippen molar-refractivity contribution in [3.05, 3.63) is 78.4 Å². The van der Waals surface area contributed by atoms with Gasteiger partial charge in [-0.25, -0.2) is 0 Å². The number of thioether (sulfide) groups is 1. The Morgan fingerprint density at radius 3 is 2.63 bits per heavy atom. The van der Waals surface area contributed by atoms with E-state index in [1.165, 1.54) is 32.6 Å². The van der Waals surface area contributed by atoms with Crippen LogP contribution in [0.2, 0.25) is 0 Å². The zero-order valence-electron chi connectivity index (χ0n) is 15.0. The Balaban J connectivity index is 1.61. The van der Waals surface area contributed by atoms with E-state index in [9.17, 15) is 0 Å². The maximum Gasteiger partial charge on any atom is 0.120 e. The number of aromatic nitrogens is 1. The van der Waals surface area contributed by atoms with Crippen molar-refractivity contribution < 1.29 is 4.74 Å². The van der Waals surface area contributed by atoms with Gasteiger partial charge in [0.2, 0.25) is 0 Å². The quantitative estimate of drug-likeness (QED) is 0.432. The third-order valence-electron chi connectivity index (χ3n) is 4.87. The van der Waals surface area contributed by atoms with Gasteiger partial charge in [0.25, 0.3) is 0 Å². The van der Waals surface area contributed by atoms with Crippen LogP contribution < -0.4 is 10.1 Å². The third kappa shape index (κ3) is 2.86. The molecule has 2 N–H and O–H groups in total. The van der Waals surface area contributed by atoms with Gasteiger partial charge in [0.1, 0.15) is 11.1 Å². The van der Waals surface area contributed by atoms with Gasteiger partial charge in [-0.15, -0.1) is 0 Å². The second kappa shape index (κ2) is 6.71. The number of ether oxygens (including phenoxy) is 1. The fourth-order valence-electron chi connectivity index (χ4n) is 3.67. The van der Waals surface area contributed by atoms with Crippen LogP contribution in [0, 0.1) is 0 Å². The predicted molar refractivity (Wildman–Crippen MR) is 114 cm³/mol. The molecule has 0 aliphatic carbocycles. The highest BCUT2D eigenvalue weighted by Gasteiger charge is 2.28. The van der Waals surface area contributed by atoms with E-state index < -0.39 is 0 Å². The Kier molecular flexibility index (Phi) is 4.06. The van der Waals surface area contributed by atoms with E-state index in [0.717, 1.165) is 11.4 Å². The summed E-state index contributed by atoms with van der Waals surface area (Å²) in [7, 11) is 0. The van der Waals surface area contributed by atoms with E-state index in [-0.39, 0.29) is 5.37 Å². The van der Waals surface area contributed by atoms with Gasteiger partial charge in [-0.05, 0) is 36.8 Å². The van der Waals surface area contributed by atoms with Crippen molar-refractivity contribution in [3.8, 4) is 17.0 Å². The number of anilines is 1. The van der Waals surface area contributed by atoms with E-state index in [1.807, 2.05) is 24.8 Å².